The molecule has 2 aromatic carbocycles. The van der Waals surface area contributed by atoms with Gasteiger partial charge in [0.15, 0.2) is 0 Å². The van der Waals surface area contributed by atoms with E-state index in [4.69, 9.17) is 46.4 Å². The summed E-state index contributed by atoms with van der Waals surface area (Å²) in [5.74, 6) is -0.903. The molecule has 1 atom stereocenters. The number of sulfonamides is 1. The number of amides is 2. The molecule has 0 aromatic heterocycles. The summed E-state index contributed by atoms with van der Waals surface area (Å²) in [4.78, 5) is 28.2. The lowest BCUT2D eigenvalue weighted by atomic mass is 9.95. The van der Waals surface area contributed by atoms with Crippen molar-refractivity contribution in [3.63, 3.8) is 0 Å². The normalized spacial score (nSPS) is 15.2. The molecular formula is C25H29Cl4N3O4S. The lowest BCUT2D eigenvalue weighted by Crippen LogP contribution is -2.53. The van der Waals surface area contributed by atoms with Gasteiger partial charge in [0, 0.05) is 17.6 Å². The van der Waals surface area contributed by atoms with Crippen LogP contribution in [0, 0.1) is 0 Å². The summed E-state index contributed by atoms with van der Waals surface area (Å²) in [6.07, 6.45) is 5.95. The Morgan fingerprint density at radius 3 is 2.27 bits per heavy atom. The Kier molecular flexibility index (Phi) is 10.4. The standard InChI is InChI=1S/C25H29Cl4N3O4S/c1-16(25(34)30-19-9-4-3-5-10-19)31(14-17-7-6-8-18(26)11-17)24(33)15-32(37(2,35)36)23-13-21(28)20(27)12-22(23)29/h6-8,11-13,16,19H,3-5,9-10,14-15H2,1-2H3,(H,30,34)/t16-/m1/s1. The topological polar surface area (TPSA) is 86.8 Å². The van der Waals surface area contributed by atoms with Crippen LogP contribution in [-0.4, -0.2) is 50.0 Å². The summed E-state index contributed by atoms with van der Waals surface area (Å²) in [7, 11) is -3.97. The van der Waals surface area contributed by atoms with Gasteiger partial charge in [-0.3, -0.25) is 13.9 Å². The molecular weight excluding hydrogens is 580 g/mol. The first-order chi connectivity index (χ1) is 17.4. The van der Waals surface area contributed by atoms with Crippen LogP contribution in [0.25, 0.3) is 0 Å². The Bertz CT molecular complexity index is 1250. The minimum Gasteiger partial charge on any atom is -0.352 e. The van der Waals surface area contributed by atoms with E-state index in [2.05, 4.69) is 5.32 Å². The highest BCUT2D eigenvalue weighted by Gasteiger charge is 2.32. The van der Waals surface area contributed by atoms with Gasteiger partial charge in [0.25, 0.3) is 0 Å². The molecule has 12 heteroatoms. The van der Waals surface area contributed by atoms with Gasteiger partial charge in [-0.2, -0.15) is 0 Å². The average molecular weight is 609 g/mol. The molecule has 1 saturated carbocycles. The van der Waals surface area contributed by atoms with Crippen LogP contribution in [0.5, 0.6) is 0 Å². The Labute approximate surface area is 238 Å². The maximum absolute atomic E-state index is 13.7. The molecule has 0 heterocycles. The molecule has 1 aliphatic carbocycles. The molecule has 202 valence electrons. The van der Waals surface area contributed by atoms with Crippen molar-refractivity contribution in [2.45, 2.75) is 57.7 Å². The summed E-state index contributed by atoms with van der Waals surface area (Å²) in [6, 6.07) is 8.70. The van der Waals surface area contributed by atoms with Crippen molar-refractivity contribution in [1.29, 1.82) is 0 Å². The van der Waals surface area contributed by atoms with Gasteiger partial charge in [-0.1, -0.05) is 77.8 Å². The molecule has 1 aliphatic rings. The van der Waals surface area contributed by atoms with Crippen molar-refractivity contribution in [3.05, 3.63) is 62.1 Å². The van der Waals surface area contributed by atoms with E-state index in [1.54, 1.807) is 31.2 Å². The van der Waals surface area contributed by atoms with Crippen molar-refractivity contribution in [3.8, 4) is 0 Å². The van der Waals surface area contributed by atoms with Crippen LogP contribution in [0.1, 0.15) is 44.6 Å². The molecule has 37 heavy (non-hydrogen) atoms. The van der Waals surface area contributed by atoms with Crippen molar-refractivity contribution in [2.75, 3.05) is 17.1 Å². The van der Waals surface area contributed by atoms with Gasteiger partial charge in [0.1, 0.15) is 12.6 Å². The van der Waals surface area contributed by atoms with Gasteiger partial charge >= 0.3 is 0 Å². The molecule has 1 N–H and O–H groups in total. The predicted octanol–water partition coefficient (Wildman–Crippen LogP) is 5.93. The first-order valence-electron chi connectivity index (χ1n) is 11.8. The summed E-state index contributed by atoms with van der Waals surface area (Å²) in [6.45, 7) is 1.07. The molecule has 2 aromatic rings. The molecule has 0 spiro atoms. The maximum Gasteiger partial charge on any atom is 0.244 e. The van der Waals surface area contributed by atoms with Crippen molar-refractivity contribution >= 4 is 73.9 Å². The van der Waals surface area contributed by atoms with Crippen LogP contribution in [0.3, 0.4) is 0 Å². The molecule has 0 radical (unpaired) electrons. The summed E-state index contributed by atoms with van der Waals surface area (Å²) < 4.78 is 26.3. The minimum absolute atomic E-state index is 0.00827. The number of halogens is 4. The zero-order valence-electron chi connectivity index (χ0n) is 20.5. The van der Waals surface area contributed by atoms with E-state index in [0.29, 0.717) is 10.6 Å². The quantitative estimate of drug-likeness (QED) is 0.357. The van der Waals surface area contributed by atoms with E-state index in [0.717, 1.165) is 42.7 Å². The average Bonchev–Trinajstić information content (AvgIpc) is 2.83. The fourth-order valence-corrected chi connectivity index (χ4v) is 6.04. The summed E-state index contributed by atoms with van der Waals surface area (Å²) in [5.41, 5.74) is 0.700. The van der Waals surface area contributed by atoms with Crippen LogP contribution < -0.4 is 9.62 Å². The van der Waals surface area contributed by atoms with Crippen LogP contribution in [0.15, 0.2) is 36.4 Å². The van der Waals surface area contributed by atoms with Gasteiger partial charge < -0.3 is 10.2 Å². The zero-order chi connectivity index (χ0) is 27.3. The second-order valence-electron chi connectivity index (χ2n) is 9.16. The van der Waals surface area contributed by atoms with Gasteiger partial charge in [-0.25, -0.2) is 8.42 Å². The van der Waals surface area contributed by atoms with E-state index in [-0.39, 0.29) is 39.2 Å². The zero-order valence-corrected chi connectivity index (χ0v) is 24.4. The van der Waals surface area contributed by atoms with Crippen LogP contribution in [0.2, 0.25) is 20.1 Å². The third-order valence-electron chi connectivity index (χ3n) is 6.30. The number of benzene rings is 2. The Morgan fingerprint density at radius 2 is 1.65 bits per heavy atom. The molecule has 1 fully saturated rings. The third kappa shape index (κ3) is 8.14. The highest BCUT2D eigenvalue weighted by molar-refractivity contribution is 7.92. The molecule has 0 bridgehead atoms. The number of anilines is 1. The second kappa shape index (κ2) is 12.9. The van der Waals surface area contributed by atoms with E-state index >= 15 is 0 Å². The highest BCUT2D eigenvalue weighted by Crippen LogP contribution is 2.35. The monoisotopic (exact) mass is 607 g/mol. The number of hydrogen-bond acceptors (Lipinski definition) is 4. The third-order valence-corrected chi connectivity index (χ3v) is 8.68. The Hall–Kier alpha value is -1.71. The SMILES string of the molecule is C[C@H](C(=O)NC1CCCCC1)N(Cc1cccc(Cl)c1)C(=O)CN(c1cc(Cl)c(Cl)cc1Cl)S(C)(=O)=O. The summed E-state index contributed by atoms with van der Waals surface area (Å²) >= 11 is 24.5. The maximum atomic E-state index is 13.7. The Morgan fingerprint density at radius 1 is 1.00 bits per heavy atom. The van der Waals surface area contributed by atoms with Gasteiger partial charge in [0.2, 0.25) is 21.8 Å². The molecule has 3 rings (SSSR count). The van der Waals surface area contributed by atoms with E-state index in [9.17, 15) is 18.0 Å². The van der Waals surface area contributed by atoms with Crippen molar-refractivity contribution in [2.24, 2.45) is 0 Å². The fraction of sp³-hybridized carbons (Fsp3) is 0.440. The van der Waals surface area contributed by atoms with E-state index < -0.39 is 28.5 Å². The van der Waals surface area contributed by atoms with Gasteiger partial charge in [-0.15, -0.1) is 0 Å². The predicted molar refractivity (Wildman–Crippen MR) is 150 cm³/mol. The lowest BCUT2D eigenvalue weighted by molar-refractivity contribution is -0.139. The molecule has 2 amide bonds. The molecule has 0 saturated heterocycles. The number of carbonyl (C=O) groups is 2. The summed E-state index contributed by atoms with van der Waals surface area (Å²) in [5, 5.41) is 3.76. The van der Waals surface area contributed by atoms with Crippen molar-refractivity contribution in [1.82, 2.24) is 10.2 Å². The van der Waals surface area contributed by atoms with Gasteiger partial charge in [-0.05, 0) is 49.6 Å². The highest BCUT2D eigenvalue weighted by atomic mass is 35.5. The van der Waals surface area contributed by atoms with Gasteiger partial charge in [0.05, 0.1) is 27.0 Å². The Balaban J connectivity index is 1.92. The largest absolute Gasteiger partial charge is 0.352 e. The second-order valence-corrected chi connectivity index (χ2v) is 12.7. The molecule has 0 unspecified atom stereocenters. The number of carbonyl (C=O) groups excluding carboxylic acids is 2. The number of nitrogens with one attached hydrogen (secondary N) is 1. The van der Waals surface area contributed by atoms with Crippen LogP contribution >= 0.6 is 46.4 Å². The molecule has 0 aliphatic heterocycles. The van der Waals surface area contributed by atoms with E-state index in [1.807, 2.05) is 0 Å². The smallest absolute Gasteiger partial charge is 0.244 e. The first-order valence-corrected chi connectivity index (χ1v) is 15.2. The molecule has 7 nitrogen and oxygen atoms in total. The minimum atomic E-state index is -3.97. The number of nitrogens with zero attached hydrogens (tertiary/aromatic N) is 2. The number of hydrogen-bond donors (Lipinski definition) is 1. The van der Waals surface area contributed by atoms with Crippen LogP contribution in [0.4, 0.5) is 5.69 Å². The number of rotatable bonds is 9. The van der Waals surface area contributed by atoms with Crippen molar-refractivity contribution < 1.29 is 18.0 Å². The first kappa shape index (κ1) is 29.8. The van der Waals surface area contributed by atoms with E-state index in [1.165, 1.54) is 17.0 Å². The lowest BCUT2D eigenvalue weighted by Gasteiger charge is -2.33. The fourth-order valence-electron chi connectivity index (χ4n) is 4.28. The van der Waals surface area contributed by atoms with Crippen LogP contribution in [-0.2, 0) is 26.2 Å².